The summed E-state index contributed by atoms with van der Waals surface area (Å²) in [4.78, 5) is 0. The van der Waals surface area contributed by atoms with Crippen LogP contribution in [-0.2, 0) is 4.43 Å². The van der Waals surface area contributed by atoms with Gasteiger partial charge >= 0.3 is 0 Å². The third kappa shape index (κ3) is 3.20. The van der Waals surface area contributed by atoms with Gasteiger partial charge in [0.25, 0.3) is 0 Å². The van der Waals surface area contributed by atoms with Gasteiger partial charge in [-0.05, 0) is 38.6 Å². The van der Waals surface area contributed by atoms with E-state index in [1.54, 1.807) is 6.08 Å². The Kier molecular flexibility index (Phi) is 4.34. The van der Waals surface area contributed by atoms with Crippen molar-refractivity contribution in [3.05, 3.63) is 12.7 Å². The molecular formula is C13H23NOSi. The molecular weight excluding hydrogens is 214 g/mol. The molecule has 0 aromatic heterocycles. The summed E-state index contributed by atoms with van der Waals surface area (Å²) in [5.74, 6) is 0.343. The summed E-state index contributed by atoms with van der Waals surface area (Å²) in [5.41, 5.74) is -0.731. The van der Waals surface area contributed by atoms with Crippen molar-refractivity contribution in [2.75, 3.05) is 0 Å². The first kappa shape index (κ1) is 13.5. The molecule has 1 rings (SSSR count). The molecule has 1 atom stereocenters. The highest BCUT2D eigenvalue weighted by Gasteiger charge is 2.41. The summed E-state index contributed by atoms with van der Waals surface area (Å²) >= 11 is 0. The second-order valence-corrected chi connectivity index (χ2v) is 10.1. The van der Waals surface area contributed by atoms with Crippen LogP contribution in [0.1, 0.15) is 32.1 Å². The van der Waals surface area contributed by atoms with Crippen LogP contribution in [0, 0.1) is 17.2 Å². The van der Waals surface area contributed by atoms with Crippen molar-refractivity contribution < 1.29 is 4.43 Å². The van der Waals surface area contributed by atoms with Gasteiger partial charge in [0.1, 0.15) is 6.07 Å². The van der Waals surface area contributed by atoms with Gasteiger partial charge in [-0.3, -0.25) is 0 Å². The summed E-state index contributed by atoms with van der Waals surface area (Å²) in [5, 5.41) is 9.47. The van der Waals surface area contributed by atoms with E-state index in [0.717, 1.165) is 12.8 Å². The molecule has 0 aromatic rings. The smallest absolute Gasteiger partial charge is 0.186 e. The maximum Gasteiger partial charge on any atom is 0.186 e. The Labute approximate surface area is 100 Å². The van der Waals surface area contributed by atoms with Crippen LogP contribution in [0.15, 0.2) is 12.7 Å². The molecule has 0 radical (unpaired) electrons. The molecule has 3 heteroatoms. The highest BCUT2D eigenvalue weighted by atomic mass is 28.4. The lowest BCUT2D eigenvalue weighted by Crippen LogP contribution is -2.46. The van der Waals surface area contributed by atoms with Crippen LogP contribution in [0.4, 0.5) is 0 Å². The van der Waals surface area contributed by atoms with E-state index in [9.17, 15) is 5.26 Å². The molecule has 0 heterocycles. The minimum Gasteiger partial charge on any atom is -0.397 e. The molecule has 0 aromatic carbocycles. The highest BCUT2D eigenvalue weighted by molar-refractivity contribution is 6.69. The first-order chi connectivity index (χ1) is 7.43. The van der Waals surface area contributed by atoms with Crippen molar-refractivity contribution in [1.82, 2.24) is 0 Å². The van der Waals surface area contributed by atoms with Gasteiger partial charge in [-0.25, -0.2) is 0 Å². The number of nitriles is 1. The van der Waals surface area contributed by atoms with Crippen LogP contribution in [0.3, 0.4) is 0 Å². The van der Waals surface area contributed by atoms with E-state index in [4.69, 9.17) is 4.43 Å². The van der Waals surface area contributed by atoms with E-state index in [1.807, 2.05) is 0 Å². The molecule has 0 saturated heterocycles. The zero-order valence-corrected chi connectivity index (χ0v) is 11.8. The van der Waals surface area contributed by atoms with E-state index in [2.05, 4.69) is 32.3 Å². The van der Waals surface area contributed by atoms with Gasteiger partial charge in [-0.1, -0.05) is 25.8 Å². The molecule has 1 saturated carbocycles. The SMILES string of the molecule is C=C[C@](C#N)(O[Si](C)(C)C)C1CCCCC1. The molecule has 0 amide bonds. The molecule has 2 nitrogen and oxygen atoms in total. The normalized spacial score (nSPS) is 22.1. The van der Waals surface area contributed by atoms with E-state index < -0.39 is 13.9 Å². The van der Waals surface area contributed by atoms with Gasteiger partial charge < -0.3 is 4.43 Å². The minimum absolute atomic E-state index is 0.343. The first-order valence-electron chi connectivity index (χ1n) is 6.18. The second kappa shape index (κ2) is 5.16. The molecule has 1 fully saturated rings. The van der Waals surface area contributed by atoms with E-state index in [-0.39, 0.29) is 0 Å². The number of hydrogen-bond acceptors (Lipinski definition) is 2. The van der Waals surface area contributed by atoms with Gasteiger partial charge in [0.15, 0.2) is 13.9 Å². The standard InChI is InChI=1S/C13H23NOSi/c1-5-13(11-14,15-16(2,3)4)12-9-7-6-8-10-12/h5,12H,1,6-10H2,2-4H3/t13-/m1/s1. The summed E-state index contributed by atoms with van der Waals surface area (Å²) in [7, 11) is -1.71. The van der Waals surface area contributed by atoms with Crippen LogP contribution in [0.25, 0.3) is 0 Å². The Morgan fingerprint density at radius 3 is 2.25 bits per heavy atom. The molecule has 90 valence electrons. The lowest BCUT2D eigenvalue weighted by molar-refractivity contribution is 0.0783. The maximum atomic E-state index is 9.47. The molecule has 0 aliphatic heterocycles. The van der Waals surface area contributed by atoms with E-state index in [1.165, 1.54) is 19.3 Å². The highest BCUT2D eigenvalue weighted by Crippen LogP contribution is 2.37. The summed E-state index contributed by atoms with van der Waals surface area (Å²) in [6.45, 7) is 10.2. The van der Waals surface area contributed by atoms with Crippen molar-refractivity contribution >= 4 is 8.32 Å². The van der Waals surface area contributed by atoms with Crippen LogP contribution < -0.4 is 0 Å². The quantitative estimate of drug-likeness (QED) is 0.549. The van der Waals surface area contributed by atoms with Gasteiger partial charge in [0, 0.05) is 5.92 Å². The second-order valence-electron chi connectivity index (χ2n) is 5.66. The molecule has 0 bridgehead atoms. The Morgan fingerprint density at radius 1 is 1.31 bits per heavy atom. The van der Waals surface area contributed by atoms with Crippen LogP contribution in [0.2, 0.25) is 19.6 Å². The third-order valence-electron chi connectivity index (χ3n) is 3.16. The van der Waals surface area contributed by atoms with Crippen LogP contribution in [0.5, 0.6) is 0 Å². The number of rotatable bonds is 4. The Bertz CT molecular complexity index is 283. The van der Waals surface area contributed by atoms with E-state index >= 15 is 0 Å². The topological polar surface area (TPSA) is 33.0 Å². The zero-order chi connectivity index (χ0) is 12.2. The summed E-state index contributed by atoms with van der Waals surface area (Å²) in [6, 6.07) is 2.39. The van der Waals surface area contributed by atoms with Crippen LogP contribution >= 0.6 is 0 Å². The predicted octanol–water partition coefficient (Wildman–Crippen LogP) is 3.87. The van der Waals surface area contributed by atoms with Crippen molar-refractivity contribution in [3.8, 4) is 6.07 Å². The molecule has 0 unspecified atom stereocenters. The average molecular weight is 237 g/mol. The molecule has 1 aliphatic rings. The fourth-order valence-corrected chi connectivity index (χ4v) is 3.80. The lowest BCUT2D eigenvalue weighted by Gasteiger charge is -2.39. The summed E-state index contributed by atoms with van der Waals surface area (Å²) in [6.07, 6.45) is 7.67. The van der Waals surface area contributed by atoms with Crippen molar-refractivity contribution in [3.63, 3.8) is 0 Å². The molecule has 0 N–H and O–H groups in total. The molecule has 1 aliphatic carbocycles. The monoisotopic (exact) mass is 237 g/mol. The Balaban J connectivity index is 2.86. The van der Waals surface area contributed by atoms with Crippen LogP contribution in [-0.4, -0.2) is 13.9 Å². The number of hydrogen-bond donors (Lipinski definition) is 0. The largest absolute Gasteiger partial charge is 0.397 e. The van der Waals surface area contributed by atoms with Gasteiger partial charge in [0.2, 0.25) is 0 Å². The fourth-order valence-electron chi connectivity index (χ4n) is 2.49. The third-order valence-corrected chi connectivity index (χ3v) is 4.11. The fraction of sp³-hybridized carbons (Fsp3) is 0.769. The van der Waals surface area contributed by atoms with Crippen molar-refractivity contribution in [2.24, 2.45) is 5.92 Å². The molecule has 16 heavy (non-hydrogen) atoms. The van der Waals surface area contributed by atoms with Gasteiger partial charge in [-0.2, -0.15) is 5.26 Å². The summed E-state index contributed by atoms with van der Waals surface area (Å²) < 4.78 is 6.12. The Morgan fingerprint density at radius 2 is 1.88 bits per heavy atom. The lowest BCUT2D eigenvalue weighted by atomic mass is 9.78. The van der Waals surface area contributed by atoms with Crippen molar-refractivity contribution in [1.29, 1.82) is 5.26 Å². The number of nitrogens with zero attached hydrogens (tertiary/aromatic N) is 1. The average Bonchev–Trinajstić information content (AvgIpc) is 2.26. The predicted molar refractivity (Wildman–Crippen MR) is 69.5 cm³/mol. The van der Waals surface area contributed by atoms with E-state index in [0.29, 0.717) is 5.92 Å². The van der Waals surface area contributed by atoms with Gasteiger partial charge in [0.05, 0.1) is 0 Å². The van der Waals surface area contributed by atoms with Gasteiger partial charge in [-0.15, -0.1) is 0 Å². The van der Waals surface area contributed by atoms with Crippen molar-refractivity contribution in [2.45, 2.75) is 57.3 Å². The zero-order valence-electron chi connectivity index (χ0n) is 10.8. The maximum absolute atomic E-state index is 9.47. The first-order valence-corrected chi connectivity index (χ1v) is 9.59. The molecule has 0 spiro atoms. The minimum atomic E-state index is -1.71. The Hall–Kier alpha value is -0.593.